The van der Waals surface area contributed by atoms with Gasteiger partial charge in [0.05, 0.1) is 15.6 Å². The molecule has 0 aliphatic carbocycles. The van der Waals surface area contributed by atoms with Crippen LogP contribution in [0.2, 0.25) is 5.02 Å². The van der Waals surface area contributed by atoms with Crippen LogP contribution in [0.5, 0.6) is 0 Å². The second kappa shape index (κ2) is 5.85. The number of benzene rings is 2. The summed E-state index contributed by atoms with van der Waals surface area (Å²) in [6.07, 6.45) is 0. The number of aryl methyl sites for hydroxylation is 1. The third kappa shape index (κ3) is 2.72. The van der Waals surface area contributed by atoms with E-state index < -0.39 is 16.0 Å². The molecule has 3 aromatic rings. The zero-order valence-electron chi connectivity index (χ0n) is 12.5. The zero-order chi connectivity index (χ0) is 17.5. The van der Waals surface area contributed by atoms with E-state index in [2.05, 4.69) is 9.71 Å². The third-order valence-corrected chi connectivity index (χ3v) is 5.35. The van der Waals surface area contributed by atoms with E-state index in [4.69, 9.17) is 11.6 Å². The van der Waals surface area contributed by atoms with Crippen molar-refractivity contribution in [3.05, 3.63) is 58.7 Å². The largest absolute Gasteiger partial charge is 0.477 e. The number of aromatic amines is 1. The average Bonchev–Trinajstić information content (AvgIpc) is 2.88. The van der Waals surface area contributed by atoms with Crippen LogP contribution in [0.4, 0.5) is 5.69 Å². The lowest BCUT2D eigenvalue weighted by Crippen LogP contribution is -2.13. The Morgan fingerprint density at radius 3 is 2.46 bits per heavy atom. The lowest BCUT2D eigenvalue weighted by molar-refractivity contribution is 0.0690. The average molecular weight is 365 g/mol. The Labute approximate surface area is 143 Å². The van der Waals surface area contributed by atoms with E-state index in [1.165, 1.54) is 18.2 Å². The number of rotatable bonds is 4. The number of sulfonamides is 1. The first-order valence-electron chi connectivity index (χ1n) is 6.93. The molecule has 124 valence electrons. The lowest BCUT2D eigenvalue weighted by Gasteiger charge is -2.11. The number of carbonyl (C=O) groups is 1. The number of H-pyrrole nitrogens is 1. The first-order valence-corrected chi connectivity index (χ1v) is 8.79. The van der Waals surface area contributed by atoms with Crippen molar-refractivity contribution in [2.45, 2.75) is 11.8 Å². The van der Waals surface area contributed by atoms with Crippen LogP contribution in [-0.4, -0.2) is 24.5 Å². The fraction of sp³-hybridized carbons (Fsp3) is 0.0625. The van der Waals surface area contributed by atoms with E-state index in [0.717, 1.165) is 0 Å². The number of halogens is 1. The summed E-state index contributed by atoms with van der Waals surface area (Å²) in [5, 5.41) is 9.85. The number of hydrogen-bond donors (Lipinski definition) is 3. The molecular weight excluding hydrogens is 352 g/mol. The molecule has 6 nitrogen and oxygen atoms in total. The Morgan fingerprint density at radius 2 is 1.83 bits per heavy atom. The van der Waals surface area contributed by atoms with E-state index in [-0.39, 0.29) is 21.3 Å². The summed E-state index contributed by atoms with van der Waals surface area (Å²) in [7, 11) is -3.85. The summed E-state index contributed by atoms with van der Waals surface area (Å²) in [6.45, 7) is 1.60. The highest BCUT2D eigenvalue weighted by molar-refractivity contribution is 7.92. The quantitative estimate of drug-likeness (QED) is 0.658. The van der Waals surface area contributed by atoms with Gasteiger partial charge >= 0.3 is 5.97 Å². The summed E-state index contributed by atoms with van der Waals surface area (Å²) >= 11 is 6.17. The minimum atomic E-state index is -3.85. The van der Waals surface area contributed by atoms with Gasteiger partial charge in [0.25, 0.3) is 10.0 Å². The van der Waals surface area contributed by atoms with Gasteiger partial charge in [0.1, 0.15) is 5.69 Å². The Kier molecular flexibility index (Phi) is 3.98. The summed E-state index contributed by atoms with van der Waals surface area (Å²) in [4.78, 5) is 14.1. The molecule has 24 heavy (non-hydrogen) atoms. The number of carboxylic acid groups (broad SMARTS) is 1. The third-order valence-electron chi connectivity index (χ3n) is 3.67. The van der Waals surface area contributed by atoms with Crippen molar-refractivity contribution in [1.82, 2.24) is 4.98 Å². The molecule has 0 bridgehead atoms. The molecule has 0 saturated carbocycles. The number of hydrogen-bond acceptors (Lipinski definition) is 3. The van der Waals surface area contributed by atoms with E-state index in [9.17, 15) is 18.3 Å². The second-order valence-electron chi connectivity index (χ2n) is 5.19. The maximum atomic E-state index is 12.6. The Bertz CT molecular complexity index is 1040. The van der Waals surface area contributed by atoms with Gasteiger partial charge in [-0.3, -0.25) is 4.72 Å². The van der Waals surface area contributed by atoms with Crippen LogP contribution in [0.25, 0.3) is 10.9 Å². The molecule has 0 saturated heterocycles. The van der Waals surface area contributed by atoms with E-state index in [1.807, 2.05) is 0 Å². The van der Waals surface area contributed by atoms with Crippen molar-refractivity contribution in [3.63, 3.8) is 0 Å². The van der Waals surface area contributed by atoms with Gasteiger partial charge in [-0.05, 0) is 36.8 Å². The Balaban J connectivity index is 2.19. The second-order valence-corrected chi connectivity index (χ2v) is 7.28. The van der Waals surface area contributed by atoms with Crippen molar-refractivity contribution < 1.29 is 18.3 Å². The normalized spacial score (nSPS) is 11.6. The summed E-state index contributed by atoms with van der Waals surface area (Å²) in [5.74, 6) is -1.13. The summed E-state index contributed by atoms with van der Waals surface area (Å²) < 4.78 is 27.6. The Morgan fingerprint density at radius 1 is 1.17 bits per heavy atom. The van der Waals surface area contributed by atoms with Crippen LogP contribution in [0.1, 0.15) is 16.1 Å². The molecule has 1 heterocycles. The number of fused-ring (bicyclic) bond motifs is 1. The fourth-order valence-corrected chi connectivity index (χ4v) is 3.91. The highest BCUT2D eigenvalue weighted by Crippen LogP contribution is 2.36. The zero-order valence-corrected chi connectivity index (χ0v) is 14.1. The molecule has 0 atom stereocenters. The number of aromatic nitrogens is 1. The van der Waals surface area contributed by atoms with E-state index >= 15 is 0 Å². The number of aromatic carboxylic acids is 1. The lowest BCUT2D eigenvalue weighted by atomic mass is 10.1. The molecule has 0 unspecified atom stereocenters. The SMILES string of the molecule is Cc1c(C(=O)O)[nH]c2ccc(Cl)c(NS(=O)(=O)c3ccccc3)c12. The van der Waals surface area contributed by atoms with Crippen LogP contribution in [0.15, 0.2) is 47.4 Å². The van der Waals surface area contributed by atoms with Crippen molar-refractivity contribution in [3.8, 4) is 0 Å². The van der Waals surface area contributed by atoms with Crippen molar-refractivity contribution >= 4 is 44.2 Å². The molecule has 3 rings (SSSR count). The molecular formula is C16H13ClN2O4S. The summed E-state index contributed by atoms with van der Waals surface area (Å²) in [6, 6.07) is 11.0. The first-order chi connectivity index (χ1) is 11.3. The molecule has 8 heteroatoms. The molecule has 0 radical (unpaired) electrons. The van der Waals surface area contributed by atoms with Gasteiger partial charge in [-0.15, -0.1) is 0 Å². The highest BCUT2D eigenvalue weighted by Gasteiger charge is 2.22. The van der Waals surface area contributed by atoms with Crippen molar-refractivity contribution in [2.24, 2.45) is 0 Å². The molecule has 0 amide bonds. The van der Waals surface area contributed by atoms with Crippen molar-refractivity contribution in [2.75, 3.05) is 4.72 Å². The Hall–Kier alpha value is -2.51. The fourth-order valence-electron chi connectivity index (χ4n) is 2.53. The van der Waals surface area contributed by atoms with Crippen LogP contribution < -0.4 is 4.72 Å². The van der Waals surface area contributed by atoms with Crippen LogP contribution in [0, 0.1) is 6.92 Å². The monoisotopic (exact) mass is 364 g/mol. The van der Waals surface area contributed by atoms with Gasteiger partial charge in [0.2, 0.25) is 0 Å². The molecule has 2 aromatic carbocycles. The minimum Gasteiger partial charge on any atom is -0.477 e. The predicted molar refractivity (Wildman–Crippen MR) is 92.3 cm³/mol. The topological polar surface area (TPSA) is 99.3 Å². The minimum absolute atomic E-state index is 0.00701. The van der Waals surface area contributed by atoms with Gasteiger partial charge in [0, 0.05) is 10.9 Å². The molecule has 3 N–H and O–H groups in total. The van der Waals surface area contributed by atoms with Crippen molar-refractivity contribution in [1.29, 1.82) is 0 Å². The smallest absolute Gasteiger partial charge is 0.352 e. The van der Waals surface area contributed by atoms with Gasteiger partial charge in [0.15, 0.2) is 0 Å². The first kappa shape index (κ1) is 16.4. The predicted octanol–water partition coefficient (Wildman–Crippen LogP) is 3.63. The van der Waals surface area contributed by atoms with Crippen LogP contribution >= 0.6 is 11.6 Å². The standard InChI is InChI=1S/C16H13ClN2O4S/c1-9-13-12(18-14(9)16(20)21)8-7-11(17)15(13)19-24(22,23)10-5-3-2-4-6-10/h2-8,18-19H,1H3,(H,20,21). The molecule has 1 aromatic heterocycles. The molecule has 0 aliphatic rings. The summed E-state index contributed by atoms with van der Waals surface area (Å²) in [5.41, 5.74) is 1.04. The molecule has 0 fully saturated rings. The van der Waals surface area contributed by atoms with E-state index in [1.54, 1.807) is 31.2 Å². The maximum absolute atomic E-state index is 12.6. The van der Waals surface area contributed by atoms with Gasteiger partial charge in [-0.2, -0.15) is 0 Å². The van der Waals surface area contributed by atoms with Gasteiger partial charge < -0.3 is 10.1 Å². The maximum Gasteiger partial charge on any atom is 0.352 e. The molecule has 0 aliphatic heterocycles. The highest BCUT2D eigenvalue weighted by atomic mass is 35.5. The number of nitrogens with one attached hydrogen (secondary N) is 2. The molecule has 0 spiro atoms. The van der Waals surface area contributed by atoms with E-state index in [0.29, 0.717) is 16.5 Å². The number of carboxylic acids is 1. The van der Waals surface area contributed by atoms with Gasteiger partial charge in [-0.25, -0.2) is 13.2 Å². The number of anilines is 1. The van der Waals surface area contributed by atoms with Gasteiger partial charge in [-0.1, -0.05) is 29.8 Å². The van der Waals surface area contributed by atoms with Crippen LogP contribution in [-0.2, 0) is 10.0 Å². The van der Waals surface area contributed by atoms with Crippen LogP contribution in [0.3, 0.4) is 0 Å².